The van der Waals surface area contributed by atoms with Crippen molar-refractivity contribution >= 4 is 46.5 Å². The van der Waals surface area contributed by atoms with Gasteiger partial charge in [-0.2, -0.15) is 0 Å². The van der Waals surface area contributed by atoms with E-state index in [4.69, 9.17) is 18.9 Å². The van der Waals surface area contributed by atoms with Gasteiger partial charge in [-0.15, -0.1) is 0 Å². The fourth-order valence-electron chi connectivity index (χ4n) is 8.82. The van der Waals surface area contributed by atoms with Gasteiger partial charge in [0, 0.05) is 115 Å². The molecule has 2 atom stereocenters. The summed E-state index contributed by atoms with van der Waals surface area (Å²) in [5.74, 6) is -0.888. The average molecular weight is 845 g/mol. The van der Waals surface area contributed by atoms with Gasteiger partial charge in [0.1, 0.15) is 36.9 Å². The summed E-state index contributed by atoms with van der Waals surface area (Å²) < 4.78 is 24.7. The van der Waals surface area contributed by atoms with E-state index in [1.165, 1.54) is 0 Å². The van der Waals surface area contributed by atoms with E-state index in [0.29, 0.717) is 50.3 Å². The number of esters is 2. The van der Waals surface area contributed by atoms with Gasteiger partial charge in [0.15, 0.2) is 0 Å². The van der Waals surface area contributed by atoms with Crippen LogP contribution in [-0.2, 0) is 41.5 Å². The summed E-state index contributed by atoms with van der Waals surface area (Å²) in [4.78, 5) is 64.9. The Morgan fingerprint density at radius 3 is 1.27 bits per heavy atom. The Morgan fingerprint density at radius 1 is 0.500 bits per heavy atom. The molecule has 326 valence electrons. The highest BCUT2D eigenvalue weighted by atomic mass is 16.6. The maximum atomic E-state index is 13.8. The summed E-state index contributed by atoms with van der Waals surface area (Å²) >= 11 is 0. The number of hydrogen-bond acceptors (Lipinski definition) is 12. The van der Waals surface area contributed by atoms with Crippen molar-refractivity contribution in [3.8, 4) is 11.5 Å². The molecule has 2 unspecified atom stereocenters. The molecule has 0 bridgehead atoms. The first-order valence-electron chi connectivity index (χ1n) is 21.7. The number of nitrogens with zero attached hydrogens (tertiary/aromatic N) is 6. The molecule has 4 aromatic carbocycles. The van der Waals surface area contributed by atoms with Crippen LogP contribution in [0, 0.1) is 0 Å². The van der Waals surface area contributed by atoms with E-state index in [9.17, 15) is 19.2 Å². The van der Waals surface area contributed by atoms with E-state index in [1.807, 2.05) is 72.8 Å². The Kier molecular flexibility index (Phi) is 13.5. The van der Waals surface area contributed by atoms with Crippen LogP contribution in [0.4, 0.5) is 22.7 Å². The molecule has 2 fully saturated rings. The fourth-order valence-corrected chi connectivity index (χ4v) is 8.82. The van der Waals surface area contributed by atoms with Gasteiger partial charge in [0.05, 0.1) is 11.4 Å². The molecule has 4 aliphatic heterocycles. The maximum Gasteiger partial charge on any atom is 0.417 e. The molecular formula is C48H56N6O8. The molecule has 0 aliphatic carbocycles. The number of piperazine rings is 2. The lowest BCUT2D eigenvalue weighted by Gasteiger charge is -2.37. The zero-order valence-corrected chi connectivity index (χ0v) is 35.7. The standard InChI is InChI=1S/C48H56N6O8/c1-49-41-15-9-17-43(39(41)19-21-45(49)55)59-33-37(31-51-23-27-53(28-24-51)35-11-5-3-6-12-35)61-47(57)48(58)62-38(32-52-25-29-54(30-26-52)36-13-7-4-8-14-36)34-60-44-18-10-16-42-40(44)20-22-46(56)50(42)2/h3-18,37-38H,19-34H2,1-2H3. The van der Waals surface area contributed by atoms with E-state index in [1.54, 1.807) is 23.9 Å². The SMILES string of the molecule is CN1C(=O)CCc2c(OCC(CN3CCN(c4ccccc4)CC3)OC(=O)C(=O)OC(COc3cccc4c3CCC(=O)N4C)CN3CCN(c4ccccc4)CC3)cccc21. The van der Waals surface area contributed by atoms with E-state index in [-0.39, 0.29) is 25.0 Å². The Morgan fingerprint density at radius 2 is 0.887 bits per heavy atom. The second-order valence-corrected chi connectivity index (χ2v) is 16.3. The minimum atomic E-state index is -1.10. The summed E-state index contributed by atoms with van der Waals surface area (Å²) in [7, 11) is 3.51. The Labute approximate surface area is 363 Å². The lowest BCUT2D eigenvalue weighted by molar-refractivity contribution is -0.176. The summed E-state index contributed by atoms with van der Waals surface area (Å²) in [6.45, 7) is 6.77. The number of fused-ring (bicyclic) bond motifs is 2. The molecule has 62 heavy (non-hydrogen) atoms. The molecule has 0 saturated carbocycles. The smallest absolute Gasteiger partial charge is 0.417 e. The van der Waals surface area contributed by atoms with E-state index in [2.05, 4.69) is 43.9 Å². The number of benzene rings is 4. The second-order valence-electron chi connectivity index (χ2n) is 16.3. The van der Waals surface area contributed by atoms with Crippen molar-refractivity contribution in [3.05, 3.63) is 108 Å². The highest BCUT2D eigenvalue weighted by Gasteiger charge is 2.32. The average Bonchev–Trinajstić information content (AvgIpc) is 3.31. The minimum absolute atomic E-state index is 0.000329. The Bertz CT molecular complexity index is 2040. The van der Waals surface area contributed by atoms with E-state index in [0.717, 1.165) is 86.2 Å². The Balaban J connectivity index is 0.954. The fraction of sp³-hybridized carbons (Fsp3) is 0.417. The molecule has 0 spiro atoms. The lowest BCUT2D eigenvalue weighted by Crippen LogP contribution is -2.51. The normalized spacial score (nSPS) is 18.1. The first-order valence-corrected chi connectivity index (χ1v) is 21.7. The first-order chi connectivity index (χ1) is 30.2. The van der Waals surface area contributed by atoms with Crippen molar-refractivity contribution in [2.24, 2.45) is 0 Å². The molecule has 14 nitrogen and oxygen atoms in total. The third-order valence-electron chi connectivity index (χ3n) is 12.3. The lowest BCUT2D eigenvalue weighted by atomic mass is 10.0. The molecule has 4 aliphatic rings. The molecule has 0 radical (unpaired) electrons. The molecular weight excluding hydrogens is 789 g/mol. The van der Waals surface area contributed by atoms with Crippen LogP contribution >= 0.6 is 0 Å². The van der Waals surface area contributed by atoms with Crippen LogP contribution in [0.1, 0.15) is 24.0 Å². The first kappa shape index (κ1) is 42.6. The largest absolute Gasteiger partial charge is 0.489 e. The predicted molar refractivity (Wildman–Crippen MR) is 237 cm³/mol. The van der Waals surface area contributed by atoms with Crippen molar-refractivity contribution in [1.29, 1.82) is 0 Å². The van der Waals surface area contributed by atoms with Gasteiger partial charge in [0.25, 0.3) is 0 Å². The zero-order chi connectivity index (χ0) is 43.0. The number of para-hydroxylation sites is 2. The van der Waals surface area contributed by atoms with Crippen LogP contribution in [0.25, 0.3) is 0 Å². The topological polar surface area (TPSA) is 125 Å². The van der Waals surface area contributed by atoms with E-state index >= 15 is 0 Å². The highest BCUT2D eigenvalue weighted by Crippen LogP contribution is 2.35. The number of hydrogen-bond donors (Lipinski definition) is 0. The van der Waals surface area contributed by atoms with Gasteiger partial charge in [-0.3, -0.25) is 19.4 Å². The van der Waals surface area contributed by atoms with Gasteiger partial charge in [-0.1, -0.05) is 48.5 Å². The number of amides is 2. The number of carbonyl (C=O) groups excluding carboxylic acids is 4. The second kappa shape index (κ2) is 19.7. The highest BCUT2D eigenvalue weighted by molar-refractivity contribution is 6.29. The third-order valence-corrected chi connectivity index (χ3v) is 12.3. The van der Waals surface area contributed by atoms with Crippen molar-refractivity contribution in [3.63, 3.8) is 0 Å². The molecule has 2 amide bonds. The molecule has 0 N–H and O–H groups in total. The summed E-state index contributed by atoms with van der Waals surface area (Å²) in [6, 6.07) is 31.7. The van der Waals surface area contributed by atoms with E-state index < -0.39 is 24.1 Å². The van der Waals surface area contributed by atoms with Crippen molar-refractivity contribution in [2.45, 2.75) is 37.9 Å². The van der Waals surface area contributed by atoms with Crippen molar-refractivity contribution < 1.29 is 38.1 Å². The predicted octanol–water partition coefficient (Wildman–Crippen LogP) is 4.43. The summed E-state index contributed by atoms with van der Waals surface area (Å²) in [6.07, 6.45) is 0.228. The van der Waals surface area contributed by atoms with Crippen LogP contribution < -0.4 is 29.1 Å². The van der Waals surface area contributed by atoms with Crippen LogP contribution in [-0.4, -0.2) is 139 Å². The molecule has 8 rings (SSSR count). The molecule has 14 heteroatoms. The van der Waals surface area contributed by atoms with Gasteiger partial charge in [-0.05, 0) is 61.4 Å². The van der Waals surface area contributed by atoms with Crippen LogP contribution in [0.15, 0.2) is 97.1 Å². The number of carbonyl (C=O) groups is 4. The van der Waals surface area contributed by atoms with Crippen LogP contribution in [0.2, 0.25) is 0 Å². The van der Waals surface area contributed by atoms with Crippen LogP contribution in [0.5, 0.6) is 11.5 Å². The molecule has 0 aromatic heterocycles. The quantitative estimate of drug-likeness (QED) is 0.132. The number of anilines is 4. The Hall–Kier alpha value is -6.12. The summed E-state index contributed by atoms with van der Waals surface area (Å²) in [5, 5.41) is 0. The van der Waals surface area contributed by atoms with Gasteiger partial charge in [-0.25, -0.2) is 9.59 Å². The van der Waals surface area contributed by atoms with Crippen molar-refractivity contribution in [2.75, 3.05) is 112 Å². The number of rotatable bonds is 14. The third kappa shape index (κ3) is 10.1. The zero-order valence-electron chi connectivity index (χ0n) is 35.7. The van der Waals surface area contributed by atoms with Gasteiger partial charge >= 0.3 is 11.9 Å². The monoisotopic (exact) mass is 844 g/mol. The molecule has 2 saturated heterocycles. The summed E-state index contributed by atoms with van der Waals surface area (Å²) in [5.41, 5.74) is 5.73. The van der Waals surface area contributed by atoms with Gasteiger partial charge in [0.2, 0.25) is 11.8 Å². The maximum absolute atomic E-state index is 13.8. The number of ether oxygens (including phenoxy) is 4. The minimum Gasteiger partial charge on any atom is -0.489 e. The molecule has 4 aromatic rings. The van der Waals surface area contributed by atoms with Crippen LogP contribution in [0.3, 0.4) is 0 Å². The molecule has 4 heterocycles. The van der Waals surface area contributed by atoms with Gasteiger partial charge < -0.3 is 38.5 Å². The van der Waals surface area contributed by atoms with Crippen molar-refractivity contribution in [1.82, 2.24) is 9.80 Å².